The lowest BCUT2D eigenvalue weighted by atomic mass is 10.3. The third kappa shape index (κ3) is 3.65. The molecule has 0 amide bonds. The summed E-state index contributed by atoms with van der Waals surface area (Å²) in [6.07, 6.45) is 3.36. The first-order valence-corrected chi connectivity index (χ1v) is 5.84. The Kier molecular flexibility index (Phi) is 4.01. The molecule has 0 bridgehead atoms. The van der Waals surface area contributed by atoms with Crippen LogP contribution in [0.3, 0.4) is 0 Å². The molecule has 2 N–H and O–H groups in total. The summed E-state index contributed by atoms with van der Waals surface area (Å²) in [6.45, 7) is 4.67. The van der Waals surface area contributed by atoms with Gasteiger partial charge in [0.1, 0.15) is 0 Å². The molecule has 2 aromatic rings. The van der Waals surface area contributed by atoms with E-state index in [2.05, 4.69) is 30.8 Å². The van der Waals surface area contributed by atoms with Gasteiger partial charge < -0.3 is 10.6 Å². The van der Waals surface area contributed by atoms with Gasteiger partial charge in [0.25, 0.3) is 0 Å². The molecule has 0 spiro atoms. The van der Waals surface area contributed by atoms with Crippen molar-refractivity contribution in [2.24, 2.45) is 0 Å². The van der Waals surface area contributed by atoms with Crippen molar-refractivity contribution < 1.29 is 0 Å². The molecule has 6 nitrogen and oxygen atoms in total. The van der Waals surface area contributed by atoms with Gasteiger partial charge in [-0.2, -0.15) is 10.1 Å². The zero-order valence-corrected chi connectivity index (χ0v) is 10.5. The van der Waals surface area contributed by atoms with Crippen molar-refractivity contribution in [2.75, 3.05) is 10.6 Å². The lowest BCUT2D eigenvalue weighted by molar-refractivity contribution is 0.866. The predicted octanol–water partition coefficient (Wildman–Crippen LogP) is 1.70. The summed E-state index contributed by atoms with van der Waals surface area (Å²) in [5, 5.41) is 14.1. The van der Waals surface area contributed by atoms with Crippen molar-refractivity contribution in [2.45, 2.75) is 26.4 Å². The van der Waals surface area contributed by atoms with Crippen molar-refractivity contribution in [3.05, 3.63) is 36.3 Å². The Morgan fingerprint density at radius 1 is 1.28 bits per heavy atom. The van der Waals surface area contributed by atoms with Gasteiger partial charge in [-0.3, -0.25) is 4.98 Å². The molecule has 0 unspecified atom stereocenters. The quantitative estimate of drug-likeness (QED) is 0.833. The third-order valence-electron chi connectivity index (χ3n) is 2.15. The van der Waals surface area contributed by atoms with Gasteiger partial charge in [-0.1, -0.05) is 6.07 Å². The second-order valence-electron chi connectivity index (χ2n) is 4.14. The molecule has 2 aromatic heterocycles. The van der Waals surface area contributed by atoms with E-state index < -0.39 is 0 Å². The highest BCUT2D eigenvalue weighted by molar-refractivity contribution is 5.37. The highest BCUT2D eigenvalue weighted by Gasteiger charge is 2.01. The summed E-state index contributed by atoms with van der Waals surface area (Å²) in [4.78, 5) is 8.51. The highest BCUT2D eigenvalue weighted by Crippen LogP contribution is 2.06. The maximum Gasteiger partial charge on any atom is 0.245 e. The average Bonchev–Trinajstić information content (AvgIpc) is 2.37. The summed E-state index contributed by atoms with van der Waals surface area (Å²) < 4.78 is 0. The van der Waals surface area contributed by atoms with Gasteiger partial charge in [0.2, 0.25) is 5.95 Å². The van der Waals surface area contributed by atoms with Gasteiger partial charge in [0, 0.05) is 12.2 Å². The summed E-state index contributed by atoms with van der Waals surface area (Å²) in [7, 11) is 0. The maximum atomic E-state index is 4.30. The number of nitrogens with one attached hydrogen (secondary N) is 2. The highest BCUT2D eigenvalue weighted by atomic mass is 15.3. The largest absolute Gasteiger partial charge is 0.366 e. The molecule has 0 saturated heterocycles. The molecule has 0 aliphatic rings. The van der Waals surface area contributed by atoms with Crippen molar-refractivity contribution in [1.82, 2.24) is 20.2 Å². The standard InChI is InChI=1S/C12H16N6/c1-9(2)16-11-8-15-18-12(17-11)14-7-10-5-3-4-6-13-10/h3-6,8-9H,7H2,1-2H3,(H2,14,16,17,18). The van der Waals surface area contributed by atoms with Gasteiger partial charge in [0.05, 0.1) is 18.4 Å². The molecule has 2 rings (SSSR count). The number of anilines is 2. The Balaban J connectivity index is 1.97. The first kappa shape index (κ1) is 12.2. The fourth-order valence-corrected chi connectivity index (χ4v) is 1.42. The molecule has 2 heterocycles. The van der Waals surface area contributed by atoms with Crippen LogP contribution in [-0.4, -0.2) is 26.2 Å². The minimum Gasteiger partial charge on any atom is -0.366 e. The van der Waals surface area contributed by atoms with Crippen molar-refractivity contribution in [3.63, 3.8) is 0 Å². The second-order valence-corrected chi connectivity index (χ2v) is 4.14. The zero-order chi connectivity index (χ0) is 12.8. The Labute approximate surface area is 106 Å². The normalized spacial score (nSPS) is 10.4. The average molecular weight is 244 g/mol. The topological polar surface area (TPSA) is 75.6 Å². The summed E-state index contributed by atoms with van der Waals surface area (Å²) >= 11 is 0. The minimum absolute atomic E-state index is 0.311. The molecule has 0 aliphatic heterocycles. The summed E-state index contributed by atoms with van der Waals surface area (Å²) in [6, 6.07) is 6.08. The van der Waals surface area contributed by atoms with Crippen LogP contribution in [0.4, 0.5) is 11.8 Å². The van der Waals surface area contributed by atoms with E-state index in [0.717, 1.165) is 5.69 Å². The van der Waals surface area contributed by atoms with Crippen LogP contribution in [0.5, 0.6) is 0 Å². The van der Waals surface area contributed by atoms with Crippen LogP contribution in [-0.2, 0) is 6.54 Å². The van der Waals surface area contributed by atoms with Crippen LogP contribution in [0, 0.1) is 0 Å². The van der Waals surface area contributed by atoms with E-state index in [-0.39, 0.29) is 0 Å². The monoisotopic (exact) mass is 244 g/mol. The van der Waals surface area contributed by atoms with E-state index in [0.29, 0.717) is 24.4 Å². The number of nitrogens with zero attached hydrogens (tertiary/aromatic N) is 4. The summed E-state index contributed by atoms with van der Waals surface area (Å²) in [5.74, 6) is 1.20. The van der Waals surface area contributed by atoms with E-state index in [1.54, 1.807) is 12.4 Å². The van der Waals surface area contributed by atoms with Gasteiger partial charge in [-0.25, -0.2) is 0 Å². The minimum atomic E-state index is 0.311. The molecule has 94 valence electrons. The smallest absolute Gasteiger partial charge is 0.245 e. The van der Waals surface area contributed by atoms with Gasteiger partial charge in [-0.05, 0) is 26.0 Å². The Hall–Kier alpha value is -2.24. The van der Waals surface area contributed by atoms with Crippen LogP contribution in [0.15, 0.2) is 30.6 Å². The molecule has 0 aliphatic carbocycles. The van der Waals surface area contributed by atoms with Gasteiger partial charge in [-0.15, -0.1) is 5.10 Å². The van der Waals surface area contributed by atoms with Crippen molar-refractivity contribution in [1.29, 1.82) is 0 Å². The van der Waals surface area contributed by atoms with Crippen molar-refractivity contribution >= 4 is 11.8 Å². The number of hydrogen-bond donors (Lipinski definition) is 2. The molecular formula is C12H16N6. The van der Waals surface area contributed by atoms with Gasteiger partial charge >= 0.3 is 0 Å². The molecule has 0 atom stereocenters. The lowest BCUT2D eigenvalue weighted by Gasteiger charge is -2.09. The van der Waals surface area contributed by atoms with E-state index in [1.165, 1.54) is 0 Å². The van der Waals surface area contributed by atoms with E-state index in [9.17, 15) is 0 Å². The lowest BCUT2D eigenvalue weighted by Crippen LogP contribution is -2.13. The number of hydrogen-bond acceptors (Lipinski definition) is 6. The third-order valence-corrected chi connectivity index (χ3v) is 2.15. The molecule has 18 heavy (non-hydrogen) atoms. The Morgan fingerprint density at radius 3 is 2.89 bits per heavy atom. The van der Waals surface area contributed by atoms with Crippen LogP contribution < -0.4 is 10.6 Å². The first-order valence-electron chi connectivity index (χ1n) is 5.84. The second kappa shape index (κ2) is 5.90. The Morgan fingerprint density at radius 2 is 2.17 bits per heavy atom. The van der Waals surface area contributed by atoms with E-state index in [1.807, 2.05) is 32.0 Å². The van der Waals surface area contributed by atoms with Crippen LogP contribution >= 0.6 is 0 Å². The number of aromatic nitrogens is 4. The molecular weight excluding hydrogens is 228 g/mol. The van der Waals surface area contributed by atoms with E-state index in [4.69, 9.17) is 0 Å². The first-order chi connectivity index (χ1) is 8.74. The van der Waals surface area contributed by atoms with Crippen LogP contribution in [0.2, 0.25) is 0 Å². The molecule has 0 saturated carbocycles. The molecule has 0 fully saturated rings. The molecule has 0 aromatic carbocycles. The zero-order valence-electron chi connectivity index (χ0n) is 10.5. The Bertz CT molecular complexity index is 485. The van der Waals surface area contributed by atoms with Gasteiger partial charge in [0.15, 0.2) is 5.82 Å². The van der Waals surface area contributed by atoms with Crippen LogP contribution in [0.1, 0.15) is 19.5 Å². The summed E-state index contributed by atoms with van der Waals surface area (Å²) in [5.41, 5.74) is 0.934. The molecule has 0 radical (unpaired) electrons. The van der Waals surface area contributed by atoms with Crippen LogP contribution in [0.25, 0.3) is 0 Å². The number of pyridine rings is 1. The molecule has 6 heteroatoms. The SMILES string of the molecule is CC(C)Nc1cnnc(NCc2ccccn2)n1. The fourth-order valence-electron chi connectivity index (χ4n) is 1.42. The van der Waals surface area contributed by atoms with E-state index >= 15 is 0 Å². The maximum absolute atomic E-state index is 4.30. The fraction of sp³-hybridized carbons (Fsp3) is 0.333. The predicted molar refractivity (Wildman–Crippen MR) is 70.1 cm³/mol. The number of rotatable bonds is 5. The van der Waals surface area contributed by atoms with Crippen molar-refractivity contribution in [3.8, 4) is 0 Å².